The van der Waals surface area contributed by atoms with E-state index in [0.29, 0.717) is 11.3 Å². The van der Waals surface area contributed by atoms with E-state index in [1.807, 2.05) is 11.6 Å². The predicted molar refractivity (Wildman–Crippen MR) is 60.8 cm³/mol. The molecule has 1 aliphatic rings. The third kappa shape index (κ3) is 2.69. The largest absolute Gasteiger partial charge is 0.310 e. The third-order valence-electron chi connectivity index (χ3n) is 2.73. The normalized spacial score (nSPS) is 26.9. The molecule has 4 heteroatoms. The first-order valence-corrected chi connectivity index (χ1v) is 6.41. The molecule has 14 heavy (non-hydrogen) atoms. The summed E-state index contributed by atoms with van der Waals surface area (Å²) in [6.45, 7) is 1.92. The zero-order chi connectivity index (χ0) is 9.80. The summed E-state index contributed by atoms with van der Waals surface area (Å²) in [7, 11) is 0. The summed E-state index contributed by atoms with van der Waals surface area (Å²) in [5.41, 5.74) is 0. The summed E-state index contributed by atoms with van der Waals surface area (Å²) in [4.78, 5) is 4.22. The molecule has 1 saturated carbocycles. The van der Waals surface area contributed by atoms with Gasteiger partial charge in [0.25, 0.3) is 0 Å². The first-order chi connectivity index (χ1) is 6.86. The van der Waals surface area contributed by atoms with Crippen LogP contribution in [0.4, 0.5) is 0 Å². The lowest BCUT2D eigenvalue weighted by atomic mass is 10.1. The number of hydrogen-bond acceptors (Lipinski definition) is 3. The maximum atomic E-state index is 6.19. The smallest absolute Gasteiger partial charge is 0.106 e. The van der Waals surface area contributed by atoms with Gasteiger partial charge in [0.1, 0.15) is 5.01 Å². The van der Waals surface area contributed by atoms with Crippen LogP contribution in [0.5, 0.6) is 0 Å². The second-order valence-electron chi connectivity index (χ2n) is 3.76. The summed E-state index contributed by atoms with van der Waals surface area (Å²) in [6.07, 6.45) is 5.60. The molecule has 0 bridgehead atoms. The molecule has 1 fully saturated rings. The van der Waals surface area contributed by atoms with Crippen LogP contribution in [0.25, 0.3) is 0 Å². The van der Waals surface area contributed by atoms with E-state index in [-0.39, 0.29) is 0 Å². The van der Waals surface area contributed by atoms with E-state index in [1.54, 1.807) is 11.3 Å². The lowest BCUT2D eigenvalue weighted by Gasteiger charge is -2.13. The zero-order valence-electron chi connectivity index (χ0n) is 8.08. The molecule has 1 heterocycles. The maximum Gasteiger partial charge on any atom is 0.106 e. The van der Waals surface area contributed by atoms with Gasteiger partial charge in [-0.15, -0.1) is 22.9 Å². The number of aromatic nitrogens is 1. The van der Waals surface area contributed by atoms with E-state index in [1.165, 1.54) is 19.3 Å². The number of thiazole rings is 1. The van der Waals surface area contributed by atoms with Gasteiger partial charge in [0.05, 0.1) is 0 Å². The standard InChI is InChI=1S/C10H15ClN2S/c11-9-3-1-2-8(9)6-12-7-10-13-4-5-14-10/h4-5,8-9,12H,1-3,6-7H2. The molecule has 0 aromatic carbocycles. The second kappa shape index (κ2) is 5.10. The molecule has 0 radical (unpaired) electrons. The van der Waals surface area contributed by atoms with Crippen LogP contribution in [-0.2, 0) is 6.54 Å². The average molecular weight is 231 g/mol. The van der Waals surface area contributed by atoms with Crippen molar-refractivity contribution in [3.05, 3.63) is 16.6 Å². The van der Waals surface area contributed by atoms with E-state index >= 15 is 0 Å². The van der Waals surface area contributed by atoms with Gasteiger partial charge in [0, 0.05) is 23.5 Å². The van der Waals surface area contributed by atoms with E-state index < -0.39 is 0 Å². The Morgan fingerprint density at radius 2 is 2.50 bits per heavy atom. The summed E-state index contributed by atoms with van der Waals surface area (Å²) < 4.78 is 0. The first kappa shape index (κ1) is 10.4. The van der Waals surface area contributed by atoms with Crippen LogP contribution in [0.3, 0.4) is 0 Å². The third-order valence-corrected chi connectivity index (χ3v) is 4.09. The summed E-state index contributed by atoms with van der Waals surface area (Å²) in [6, 6.07) is 0. The Kier molecular flexibility index (Phi) is 3.79. The summed E-state index contributed by atoms with van der Waals surface area (Å²) in [5, 5.41) is 6.98. The molecular formula is C10H15ClN2S. The predicted octanol–water partition coefficient (Wildman–Crippen LogP) is 2.64. The average Bonchev–Trinajstić information content (AvgIpc) is 2.78. The van der Waals surface area contributed by atoms with Crippen LogP contribution >= 0.6 is 22.9 Å². The highest BCUT2D eigenvalue weighted by atomic mass is 35.5. The molecule has 0 amide bonds. The Morgan fingerprint density at radius 1 is 1.57 bits per heavy atom. The molecule has 1 aromatic rings. The molecule has 1 aliphatic carbocycles. The van der Waals surface area contributed by atoms with E-state index in [0.717, 1.165) is 18.1 Å². The molecule has 2 unspecified atom stereocenters. The van der Waals surface area contributed by atoms with Crippen molar-refractivity contribution in [3.63, 3.8) is 0 Å². The Morgan fingerprint density at radius 3 is 3.14 bits per heavy atom. The SMILES string of the molecule is ClC1CCCC1CNCc1nccs1. The first-order valence-electron chi connectivity index (χ1n) is 5.09. The van der Waals surface area contributed by atoms with E-state index in [4.69, 9.17) is 11.6 Å². The van der Waals surface area contributed by atoms with Gasteiger partial charge in [-0.3, -0.25) is 0 Å². The van der Waals surface area contributed by atoms with Crippen molar-refractivity contribution >= 4 is 22.9 Å². The number of nitrogens with one attached hydrogen (secondary N) is 1. The maximum absolute atomic E-state index is 6.19. The molecule has 2 atom stereocenters. The molecular weight excluding hydrogens is 216 g/mol. The molecule has 0 saturated heterocycles. The number of hydrogen-bond donors (Lipinski definition) is 1. The number of alkyl halides is 1. The van der Waals surface area contributed by atoms with Crippen molar-refractivity contribution in [3.8, 4) is 0 Å². The second-order valence-corrected chi connectivity index (χ2v) is 5.30. The number of halogens is 1. The highest BCUT2D eigenvalue weighted by Gasteiger charge is 2.24. The quantitative estimate of drug-likeness (QED) is 0.805. The van der Waals surface area contributed by atoms with Crippen LogP contribution in [0.15, 0.2) is 11.6 Å². The molecule has 78 valence electrons. The lowest BCUT2D eigenvalue weighted by molar-refractivity contribution is 0.493. The Bertz CT molecular complexity index is 263. The van der Waals surface area contributed by atoms with Gasteiger partial charge in [-0.05, 0) is 25.3 Å². The minimum atomic E-state index is 0.388. The number of nitrogens with zero attached hydrogens (tertiary/aromatic N) is 1. The number of rotatable bonds is 4. The fourth-order valence-corrected chi connectivity index (χ4v) is 2.88. The molecule has 0 aliphatic heterocycles. The van der Waals surface area contributed by atoms with Crippen molar-refractivity contribution in [1.29, 1.82) is 0 Å². The van der Waals surface area contributed by atoms with E-state index in [9.17, 15) is 0 Å². The minimum absolute atomic E-state index is 0.388. The van der Waals surface area contributed by atoms with Crippen LogP contribution < -0.4 is 5.32 Å². The molecule has 1 aromatic heterocycles. The zero-order valence-corrected chi connectivity index (χ0v) is 9.65. The molecule has 2 nitrogen and oxygen atoms in total. The molecule has 1 N–H and O–H groups in total. The van der Waals surface area contributed by atoms with Crippen molar-refractivity contribution in [2.45, 2.75) is 31.2 Å². The van der Waals surface area contributed by atoms with Crippen molar-refractivity contribution in [2.24, 2.45) is 5.92 Å². The Hall–Kier alpha value is -0.120. The fraction of sp³-hybridized carbons (Fsp3) is 0.700. The van der Waals surface area contributed by atoms with Crippen LogP contribution in [0, 0.1) is 5.92 Å². The van der Waals surface area contributed by atoms with Crippen molar-refractivity contribution in [1.82, 2.24) is 10.3 Å². The van der Waals surface area contributed by atoms with Gasteiger partial charge >= 0.3 is 0 Å². The Labute approximate surface area is 93.7 Å². The van der Waals surface area contributed by atoms with Gasteiger partial charge in [-0.1, -0.05) is 6.42 Å². The van der Waals surface area contributed by atoms with Crippen LogP contribution in [0.2, 0.25) is 0 Å². The van der Waals surface area contributed by atoms with E-state index in [2.05, 4.69) is 10.3 Å². The highest BCUT2D eigenvalue weighted by molar-refractivity contribution is 7.09. The molecule has 0 spiro atoms. The van der Waals surface area contributed by atoms with Gasteiger partial charge in [-0.25, -0.2) is 4.98 Å². The van der Waals surface area contributed by atoms with Crippen LogP contribution in [-0.4, -0.2) is 16.9 Å². The Balaban J connectivity index is 1.68. The minimum Gasteiger partial charge on any atom is -0.310 e. The summed E-state index contributed by atoms with van der Waals surface area (Å²) in [5.74, 6) is 0.664. The van der Waals surface area contributed by atoms with Gasteiger partial charge in [0.15, 0.2) is 0 Å². The van der Waals surface area contributed by atoms with Gasteiger partial charge in [-0.2, -0.15) is 0 Å². The highest BCUT2D eigenvalue weighted by Crippen LogP contribution is 2.29. The topological polar surface area (TPSA) is 24.9 Å². The fourth-order valence-electron chi connectivity index (χ4n) is 1.93. The molecule has 2 rings (SSSR count). The van der Waals surface area contributed by atoms with Crippen LogP contribution in [0.1, 0.15) is 24.3 Å². The van der Waals surface area contributed by atoms with Crippen molar-refractivity contribution < 1.29 is 0 Å². The monoisotopic (exact) mass is 230 g/mol. The van der Waals surface area contributed by atoms with Crippen molar-refractivity contribution in [2.75, 3.05) is 6.54 Å². The lowest BCUT2D eigenvalue weighted by Crippen LogP contribution is -2.25. The summed E-state index contributed by atoms with van der Waals surface area (Å²) >= 11 is 7.89. The van der Waals surface area contributed by atoms with Gasteiger partial charge in [0.2, 0.25) is 0 Å². The van der Waals surface area contributed by atoms with Gasteiger partial charge < -0.3 is 5.32 Å².